The third-order valence-corrected chi connectivity index (χ3v) is 6.61. The Morgan fingerprint density at radius 1 is 1.26 bits per heavy atom. The molecule has 3 aliphatic rings. The molecule has 11 heteroatoms. The van der Waals surface area contributed by atoms with Gasteiger partial charge < -0.3 is 14.4 Å². The molecule has 0 spiro atoms. The number of hydrogen-bond acceptors (Lipinski definition) is 6. The summed E-state index contributed by atoms with van der Waals surface area (Å²) < 4.78 is 62.2. The predicted molar refractivity (Wildman–Crippen MR) is 89.7 cm³/mol. The van der Waals surface area contributed by atoms with E-state index in [-0.39, 0.29) is 70.6 Å². The summed E-state index contributed by atoms with van der Waals surface area (Å²) in [5.74, 6) is 1.18. The largest absolute Gasteiger partial charge is 1.00 e. The van der Waals surface area contributed by atoms with E-state index in [0.717, 1.165) is 6.42 Å². The molecule has 27 heavy (non-hydrogen) atoms. The molecule has 2 saturated heterocycles. The molecule has 3 heterocycles. The van der Waals surface area contributed by atoms with Crippen LogP contribution in [0.5, 0.6) is 0 Å². The van der Waals surface area contributed by atoms with Gasteiger partial charge in [-0.1, -0.05) is 11.1 Å². The van der Waals surface area contributed by atoms with Gasteiger partial charge in [0.05, 0.1) is 0 Å². The van der Waals surface area contributed by atoms with E-state index in [1.165, 1.54) is 6.92 Å². The van der Waals surface area contributed by atoms with E-state index in [1.807, 2.05) is 11.8 Å². The number of anilines is 2. The van der Waals surface area contributed by atoms with Gasteiger partial charge in [0.15, 0.2) is 5.69 Å². The molecular weight excluding hydrogens is 392 g/mol. The Morgan fingerprint density at radius 2 is 1.89 bits per heavy atom. The van der Waals surface area contributed by atoms with Gasteiger partial charge in [-0.25, -0.2) is 4.98 Å². The van der Waals surface area contributed by atoms with Crippen molar-refractivity contribution in [3.05, 3.63) is 11.3 Å². The van der Waals surface area contributed by atoms with Crippen molar-refractivity contribution < 1.29 is 51.5 Å². The first-order chi connectivity index (χ1) is 12.2. The topological polar surface area (TPSA) is 72.4 Å². The number of hydrogen-bond donors (Lipinski definition) is 0. The zero-order valence-electron chi connectivity index (χ0n) is 15.5. The van der Waals surface area contributed by atoms with Gasteiger partial charge in [-0.05, 0) is 38.0 Å². The molecule has 2 aliphatic heterocycles. The third kappa shape index (κ3) is 3.88. The van der Waals surface area contributed by atoms with Gasteiger partial charge in [0.25, 0.3) is 0 Å². The number of rotatable bonds is 4. The minimum Gasteiger partial charge on any atom is -0.772 e. The molecule has 0 bridgehead atoms. The van der Waals surface area contributed by atoms with Crippen LogP contribution in [-0.4, -0.2) is 50.2 Å². The van der Waals surface area contributed by atoms with Crippen LogP contribution in [0.15, 0.2) is 0 Å². The molecule has 3 fully saturated rings. The van der Waals surface area contributed by atoms with Gasteiger partial charge in [0.2, 0.25) is 5.95 Å². The number of halogens is 3. The quantitative estimate of drug-likeness (QED) is 0.465. The van der Waals surface area contributed by atoms with Crippen LogP contribution < -0.4 is 39.4 Å². The van der Waals surface area contributed by atoms with Gasteiger partial charge in [-0.2, -0.15) is 18.2 Å². The Balaban J connectivity index is 0.00000210. The molecule has 1 aliphatic carbocycles. The Morgan fingerprint density at radius 3 is 2.33 bits per heavy atom. The number of alkyl halides is 3. The molecule has 5 atom stereocenters. The molecule has 2 unspecified atom stereocenters. The average Bonchev–Trinajstić information content (AvgIpc) is 2.96. The van der Waals surface area contributed by atoms with Crippen molar-refractivity contribution in [3.63, 3.8) is 0 Å². The fourth-order valence-corrected chi connectivity index (χ4v) is 5.05. The predicted octanol–water partition coefficient (Wildman–Crippen LogP) is -1.03. The summed E-state index contributed by atoms with van der Waals surface area (Å²) in [7, 11) is 0. The van der Waals surface area contributed by atoms with Crippen LogP contribution in [0.2, 0.25) is 0 Å². The summed E-state index contributed by atoms with van der Waals surface area (Å²) >= 11 is -2.07. The Hall–Kier alpha value is -0.420. The van der Waals surface area contributed by atoms with Crippen molar-refractivity contribution in [1.29, 1.82) is 0 Å². The molecule has 4 rings (SSSR count). The summed E-state index contributed by atoms with van der Waals surface area (Å²) in [6.07, 6.45) is -3.62. The average molecular weight is 412 g/mol. The van der Waals surface area contributed by atoms with Gasteiger partial charge in [0.1, 0.15) is 5.82 Å². The van der Waals surface area contributed by atoms with E-state index in [9.17, 15) is 21.9 Å². The van der Waals surface area contributed by atoms with Crippen molar-refractivity contribution in [2.45, 2.75) is 32.5 Å². The molecule has 1 aromatic rings. The molecule has 1 saturated carbocycles. The normalized spacial score (nSPS) is 30.4. The first-order valence-electron chi connectivity index (χ1n) is 8.70. The first kappa shape index (κ1) is 21.3. The fourth-order valence-electron chi connectivity index (χ4n) is 4.25. The van der Waals surface area contributed by atoms with Crippen molar-refractivity contribution in [2.75, 3.05) is 35.2 Å². The number of aromatic nitrogens is 2. The minimum absolute atomic E-state index is 0. The Bertz CT molecular complexity index is 754. The van der Waals surface area contributed by atoms with Gasteiger partial charge in [-0.3, -0.25) is 4.21 Å². The Labute approximate surface area is 180 Å². The van der Waals surface area contributed by atoms with E-state index >= 15 is 0 Å². The molecule has 0 aromatic carbocycles. The fraction of sp³-hybridized carbons (Fsp3) is 0.750. The van der Waals surface area contributed by atoms with E-state index in [0.29, 0.717) is 25.5 Å². The van der Waals surface area contributed by atoms with E-state index in [4.69, 9.17) is 0 Å². The summed E-state index contributed by atoms with van der Waals surface area (Å²) in [6.45, 7) is 5.12. The van der Waals surface area contributed by atoms with Crippen LogP contribution in [0.4, 0.5) is 24.9 Å². The van der Waals surface area contributed by atoms with Gasteiger partial charge in [-0.15, -0.1) is 0 Å². The monoisotopic (exact) mass is 412 g/mol. The molecule has 0 radical (unpaired) electrons. The van der Waals surface area contributed by atoms with Crippen molar-refractivity contribution in [2.24, 2.45) is 17.8 Å². The zero-order chi connectivity index (χ0) is 18.8. The van der Waals surface area contributed by atoms with Crippen molar-refractivity contribution >= 4 is 22.8 Å². The van der Waals surface area contributed by atoms with Gasteiger partial charge >= 0.3 is 35.7 Å². The molecule has 1 aromatic heterocycles. The number of nitrogens with zero attached hydrogens (tertiary/aromatic N) is 4. The molecule has 0 amide bonds. The van der Waals surface area contributed by atoms with E-state index in [1.54, 1.807) is 4.90 Å². The molecule has 144 valence electrons. The molecule has 0 N–H and O–H groups in total. The smallest absolute Gasteiger partial charge is 0.772 e. The van der Waals surface area contributed by atoms with E-state index < -0.39 is 23.0 Å². The number of fused-ring (bicyclic) bond motifs is 1. The van der Waals surface area contributed by atoms with Crippen LogP contribution in [-0.2, 0) is 17.3 Å². The van der Waals surface area contributed by atoms with Crippen molar-refractivity contribution in [3.8, 4) is 0 Å². The number of piperidine rings is 1. The van der Waals surface area contributed by atoms with Crippen LogP contribution in [0, 0.1) is 24.7 Å². The maximum Gasteiger partial charge on any atom is 1.00 e. The SMILES string of the molecule is Cc1c(N2C[C@@H]3C(CS(=O)[O-])[C@@H]3C2)nc(N2CC[C@@H]2C)nc1C(F)(F)F.[Na+]. The molecule has 6 nitrogen and oxygen atoms in total. The molecular formula is C16H20F3N4NaO2S. The van der Waals surface area contributed by atoms with Crippen LogP contribution in [0.3, 0.4) is 0 Å². The van der Waals surface area contributed by atoms with Crippen LogP contribution >= 0.6 is 0 Å². The summed E-state index contributed by atoms with van der Waals surface area (Å²) in [6, 6.07) is 0.134. The minimum atomic E-state index is -4.53. The second kappa shape index (κ2) is 7.44. The summed E-state index contributed by atoms with van der Waals surface area (Å²) in [4.78, 5) is 11.9. The maximum absolute atomic E-state index is 13.5. The van der Waals surface area contributed by atoms with E-state index in [2.05, 4.69) is 9.97 Å². The second-order valence-corrected chi connectivity index (χ2v) is 8.46. The summed E-state index contributed by atoms with van der Waals surface area (Å²) in [5, 5.41) is 0. The second-order valence-electron chi connectivity index (χ2n) is 7.52. The van der Waals surface area contributed by atoms with Crippen LogP contribution in [0.1, 0.15) is 24.6 Å². The third-order valence-electron chi connectivity index (χ3n) is 5.95. The standard InChI is InChI=1S/C16H21F3N4O2S.Na/c1-8-3-4-23(8)15-20-13(16(17,18)19)9(2)14(21-15)22-5-10-11(6-22)12(10)7-26(24)25;/h8,10-12H,3-7H2,1-2H3,(H,24,25);/q;+1/p-1/t8-,10-,11+,12?;/m0./s1. The van der Waals surface area contributed by atoms with Crippen molar-refractivity contribution in [1.82, 2.24) is 9.97 Å². The Kier molecular flexibility index (Phi) is 5.87. The maximum atomic E-state index is 13.5. The van der Waals surface area contributed by atoms with Gasteiger partial charge in [0, 0.05) is 37.0 Å². The first-order valence-corrected chi connectivity index (χ1v) is 9.94. The summed E-state index contributed by atoms with van der Waals surface area (Å²) in [5.41, 5.74) is -0.839. The van der Waals surface area contributed by atoms with Crippen LogP contribution in [0.25, 0.3) is 0 Å². The zero-order valence-corrected chi connectivity index (χ0v) is 18.3.